The smallest absolute Gasteiger partial charge is 0.240 e. The van der Waals surface area contributed by atoms with Crippen molar-refractivity contribution in [1.29, 1.82) is 0 Å². The molecule has 5 heteroatoms. The number of rotatable bonds is 2. The van der Waals surface area contributed by atoms with Gasteiger partial charge in [-0.15, -0.1) is 0 Å². The van der Waals surface area contributed by atoms with Crippen molar-refractivity contribution in [1.82, 2.24) is 5.32 Å². The summed E-state index contributed by atoms with van der Waals surface area (Å²) in [6, 6.07) is 0. The Morgan fingerprint density at radius 2 is 1.47 bits per heavy atom. The molecular formula is C12H25N3O2. The van der Waals surface area contributed by atoms with E-state index in [0.29, 0.717) is 0 Å². The zero-order valence-electron chi connectivity index (χ0n) is 10.9. The van der Waals surface area contributed by atoms with E-state index in [0.717, 1.165) is 11.8 Å². The van der Waals surface area contributed by atoms with E-state index >= 15 is 0 Å². The van der Waals surface area contributed by atoms with Crippen LogP contribution in [0, 0.1) is 11.8 Å². The highest BCUT2D eigenvalue weighted by molar-refractivity contribution is 5.96. The van der Waals surface area contributed by atoms with Gasteiger partial charge in [0.25, 0.3) is 0 Å². The molecule has 0 aromatic carbocycles. The summed E-state index contributed by atoms with van der Waals surface area (Å²) >= 11 is 0. The zero-order chi connectivity index (χ0) is 13.3. The van der Waals surface area contributed by atoms with Gasteiger partial charge in [0.05, 0.1) is 13.1 Å². The van der Waals surface area contributed by atoms with Crippen LogP contribution in [0.4, 0.5) is 0 Å². The summed E-state index contributed by atoms with van der Waals surface area (Å²) in [4.78, 5) is 20.5. The third kappa shape index (κ3) is 8.83. The molecule has 0 heterocycles. The van der Waals surface area contributed by atoms with Crippen molar-refractivity contribution in [2.75, 3.05) is 13.1 Å². The van der Waals surface area contributed by atoms with Gasteiger partial charge in [-0.25, -0.2) is 0 Å². The van der Waals surface area contributed by atoms with Crippen LogP contribution in [-0.4, -0.2) is 24.9 Å². The third-order valence-corrected chi connectivity index (χ3v) is 2.85. The fourth-order valence-electron chi connectivity index (χ4n) is 1.99. The largest absolute Gasteiger partial charge is 0.322 e. The monoisotopic (exact) mass is 243 g/mol. The number of nitrogens with two attached hydrogens (primary N) is 2. The molecule has 1 fully saturated rings. The fourth-order valence-corrected chi connectivity index (χ4v) is 1.99. The molecule has 2 atom stereocenters. The van der Waals surface area contributed by atoms with Crippen LogP contribution in [0.2, 0.25) is 0 Å². The van der Waals surface area contributed by atoms with Crippen LogP contribution in [0.5, 0.6) is 0 Å². The Kier molecular flexibility index (Phi) is 8.62. The number of hydrogen-bond acceptors (Lipinski definition) is 4. The molecule has 1 aliphatic rings. The van der Waals surface area contributed by atoms with Crippen molar-refractivity contribution in [2.45, 2.75) is 39.5 Å². The van der Waals surface area contributed by atoms with Crippen molar-refractivity contribution in [3.8, 4) is 0 Å². The van der Waals surface area contributed by atoms with E-state index in [-0.39, 0.29) is 13.1 Å². The average Bonchev–Trinajstić information content (AvgIpc) is 2.29. The van der Waals surface area contributed by atoms with Gasteiger partial charge in [0, 0.05) is 0 Å². The molecule has 100 valence electrons. The quantitative estimate of drug-likeness (QED) is 0.653. The number of imide groups is 1. The molecule has 0 spiro atoms. The standard InChI is InChI=1S/C8H16.C4H9N3O2/c1-7-4-3-5-8(2)6-7;5-1-3(8)7-4(9)2-6/h7-8H,3-6H2,1-2H3;1-2,5-6H2,(H,7,8,9). The van der Waals surface area contributed by atoms with Crippen molar-refractivity contribution in [2.24, 2.45) is 23.3 Å². The minimum atomic E-state index is -0.509. The summed E-state index contributed by atoms with van der Waals surface area (Å²) in [5, 5.41) is 1.95. The molecule has 2 unspecified atom stereocenters. The van der Waals surface area contributed by atoms with Crippen molar-refractivity contribution < 1.29 is 9.59 Å². The van der Waals surface area contributed by atoms with E-state index in [2.05, 4.69) is 13.8 Å². The van der Waals surface area contributed by atoms with E-state index in [9.17, 15) is 9.59 Å². The minimum Gasteiger partial charge on any atom is -0.322 e. The first kappa shape index (κ1) is 16.1. The van der Waals surface area contributed by atoms with Gasteiger partial charge in [-0.3, -0.25) is 14.9 Å². The second kappa shape index (κ2) is 9.13. The van der Waals surface area contributed by atoms with Gasteiger partial charge < -0.3 is 11.5 Å². The van der Waals surface area contributed by atoms with Crippen LogP contribution in [0.15, 0.2) is 0 Å². The van der Waals surface area contributed by atoms with Gasteiger partial charge in [-0.05, 0) is 18.3 Å². The Labute approximate surface area is 103 Å². The summed E-state index contributed by atoms with van der Waals surface area (Å²) in [7, 11) is 0. The Morgan fingerprint density at radius 1 is 1.06 bits per heavy atom. The Hall–Kier alpha value is -0.940. The van der Waals surface area contributed by atoms with Crippen LogP contribution in [0.1, 0.15) is 39.5 Å². The van der Waals surface area contributed by atoms with Crippen molar-refractivity contribution in [3.05, 3.63) is 0 Å². The van der Waals surface area contributed by atoms with Gasteiger partial charge in [-0.2, -0.15) is 0 Å². The molecule has 0 saturated heterocycles. The second-order valence-electron chi connectivity index (χ2n) is 4.76. The van der Waals surface area contributed by atoms with E-state index in [4.69, 9.17) is 11.5 Å². The number of carbonyl (C=O) groups excluding carboxylic acids is 2. The molecule has 1 aliphatic carbocycles. The molecule has 0 bridgehead atoms. The summed E-state index contributed by atoms with van der Waals surface area (Å²) in [6.07, 6.45) is 5.90. The molecule has 5 nitrogen and oxygen atoms in total. The predicted octanol–water partition coefficient (Wildman–Crippen LogP) is 0.379. The third-order valence-electron chi connectivity index (χ3n) is 2.85. The molecule has 1 rings (SSSR count). The number of carbonyl (C=O) groups is 2. The summed E-state index contributed by atoms with van der Waals surface area (Å²) in [5.41, 5.74) is 9.74. The Bertz CT molecular complexity index is 222. The molecule has 0 aliphatic heterocycles. The van der Waals surface area contributed by atoms with Gasteiger partial charge >= 0.3 is 0 Å². The minimum absolute atomic E-state index is 0.189. The summed E-state index contributed by atoms with van der Waals surface area (Å²) in [5.74, 6) is 1.01. The molecule has 17 heavy (non-hydrogen) atoms. The highest BCUT2D eigenvalue weighted by atomic mass is 16.2. The lowest BCUT2D eigenvalue weighted by molar-refractivity contribution is -0.128. The highest BCUT2D eigenvalue weighted by Gasteiger charge is 2.13. The number of hydrogen-bond donors (Lipinski definition) is 3. The Morgan fingerprint density at radius 3 is 1.71 bits per heavy atom. The second-order valence-corrected chi connectivity index (χ2v) is 4.76. The molecule has 0 aromatic rings. The molecule has 0 radical (unpaired) electrons. The first-order valence-corrected chi connectivity index (χ1v) is 6.22. The van der Waals surface area contributed by atoms with E-state index < -0.39 is 11.8 Å². The molecule has 5 N–H and O–H groups in total. The van der Waals surface area contributed by atoms with Crippen molar-refractivity contribution in [3.63, 3.8) is 0 Å². The van der Waals surface area contributed by atoms with Crippen LogP contribution >= 0.6 is 0 Å². The van der Waals surface area contributed by atoms with Gasteiger partial charge in [0.15, 0.2) is 0 Å². The first-order valence-electron chi connectivity index (χ1n) is 6.22. The normalized spacial score (nSPS) is 23.3. The number of nitrogens with one attached hydrogen (secondary N) is 1. The maximum Gasteiger partial charge on any atom is 0.240 e. The van der Waals surface area contributed by atoms with E-state index in [1.54, 1.807) is 0 Å². The van der Waals surface area contributed by atoms with Crippen LogP contribution < -0.4 is 16.8 Å². The van der Waals surface area contributed by atoms with Gasteiger partial charge in [0.2, 0.25) is 11.8 Å². The average molecular weight is 243 g/mol. The van der Waals surface area contributed by atoms with E-state index in [1.807, 2.05) is 5.32 Å². The first-order chi connectivity index (χ1) is 7.99. The van der Waals surface area contributed by atoms with Crippen LogP contribution in [0.25, 0.3) is 0 Å². The van der Waals surface area contributed by atoms with Crippen LogP contribution in [-0.2, 0) is 9.59 Å². The summed E-state index contributed by atoms with van der Waals surface area (Å²) < 4.78 is 0. The Balaban J connectivity index is 0.000000302. The molecular weight excluding hydrogens is 218 g/mol. The SMILES string of the molecule is CC1CCCC(C)C1.NCC(=O)NC(=O)CN. The van der Waals surface area contributed by atoms with E-state index in [1.165, 1.54) is 25.7 Å². The maximum absolute atomic E-state index is 10.3. The van der Waals surface area contributed by atoms with Gasteiger partial charge in [-0.1, -0.05) is 33.1 Å². The lowest BCUT2D eigenvalue weighted by Crippen LogP contribution is -2.38. The molecule has 1 saturated carbocycles. The highest BCUT2D eigenvalue weighted by Crippen LogP contribution is 2.27. The maximum atomic E-state index is 10.3. The molecule has 2 amide bonds. The molecule has 0 aromatic heterocycles. The lowest BCUT2D eigenvalue weighted by atomic mass is 9.84. The lowest BCUT2D eigenvalue weighted by Gasteiger charge is -2.22. The van der Waals surface area contributed by atoms with Gasteiger partial charge in [0.1, 0.15) is 0 Å². The fraction of sp³-hybridized carbons (Fsp3) is 0.833. The van der Waals surface area contributed by atoms with Crippen molar-refractivity contribution >= 4 is 11.8 Å². The zero-order valence-corrected chi connectivity index (χ0v) is 10.9. The predicted molar refractivity (Wildman–Crippen MR) is 68.1 cm³/mol. The topological polar surface area (TPSA) is 98.2 Å². The summed E-state index contributed by atoms with van der Waals surface area (Å²) in [6.45, 7) is 4.36. The van der Waals surface area contributed by atoms with Crippen LogP contribution in [0.3, 0.4) is 0 Å². The number of amides is 2.